The van der Waals surface area contributed by atoms with Gasteiger partial charge in [0.25, 0.3) is 0 Å². The molecule has 0 aliphatic carbocycles. The van der Waals surface area contributed by atoms with Crippen LogP contribution >= 0.6 is 0 Å². The average Bonchev–Trinajstić information content (AvgIpc) is 2.64. The van der Waals surface area contributed by atoms with Gasteiger partial charge in [-0.15, -0.1) is 0 Å². The highest BCUT2D eigenvalue weighted by Crippen LogP contribution is 2.30. The predicted octanol–water partition coefficient (Wildman–Crippen LogP) is 1.62. The third-order valence-electron chi connectivity index (χ3n) is 4.58. The molecule has 0 aromatic carbocycles. The van der Waals surface area contributed by atoms with E-state index in [0.717, 1.165) is 45.1 Å². The molecule has 3 rings (SSSR count). The molecule has 2 saturated heterocycles. The van der Waals surface area contributed by atoms with E-state index < -0.39 is 0 Å². The Kier molecular flexibility index (Phi) is 6.56. The van der Waals surface area contributed by atoms with Crippen molar-refractivity contribution in [2.45, 2.75) is 6.04 Å². The molecule has 27 heavy (non-hydrogen) atoms. The van der Waals surface area contributed by atoms with E-state index in [9.17, 15) is 0 Å². The maximum Gasteiger partial charge on any atom is 0.239 e. The van der Waals surface area contributed by atoms with Gasteiger partial charge in [-0.25, -0.2) is 4.99 Å². The Bertz CT molecular complexity index is 740. The summed E-state index contributed by atoms with van der Waals surface area (Å²) < 4.78 is 10.8. The van der Waals surface area contributed by atoms with Gasteiger partial charge in [-0.3, -0.25) is 4.90 Å². The van der Waals surface area contributed by atoms with Gasteiger partial charge in [-0.05, 0) is 18.2 Å². The maximum atomic E-state index is 5.81. The summed E-state index contributed by atoms with van der Waals surface area (Å²) in [6.07, 6.45) is 6.69. The van der Waals surface area contributed by atoms with E-state index in [-0.39, 0.29) is 7.39 Å². The standard InChI is InChI=1S/C19H26N6O2.H2/c1-3-4-5-8-21-19(20)23-17-7-6-16(18(22-17)26-2)25-11-9-24(10-12-25)15-13-27-14-15;/h3-8,15H,1,9-14H2,2H3,(H2,20,22,23);1H/b5-4+,21-8+;. The topological polar surface area (TPSA) is 88.6 Å². The molecule has 2 aliphatic rings. The van der Waals surface area contributed by atoms with Crippen LogP contribution in [0.5, 0.6) is 5.88 Å². The monoisotopic (exact) mass is 372 g/mol. The van der Waals surface area contributed by atoms with E-state index in [1.807, 2.05) is 12.1 Å². The van der Waals surface area contributed by atoms with E-state index in [4.69, 9.17) is 15.2 Å². The smallest absolute Gasteiger partial charge is 0.239 e. The van der Waals surface area contributed by atoms with Crippen molar-refractivity contribution in [2.75, 3.05) is 51.4 Å². The van der Waals surface area contributed by atoms with Crippen LogP contribution in [0.2, 0.25) is 0 Å². The lowest BCUT2D eigenvalue weighted by molar-refractivity contribution is -0.0660. The van der Waals surface area contributed by atoms with Gasteiger partial charge in [0.05, 0.1) is 26.4 Å². The van der Waals surface area contributed by atoms with Crippen LogP contribution in [0.4, 0.5) is 11.5 Å². The molecule has 0 radical (unpaired) electrons. The summed E-state index contributed by atoms with van der Waals surface area (Å²) in [6.45, 7) is 9.17. The number of aliphatic imine (C=N–C) groups is 2. The number of anilines is 1. The molecule has 1 aromatic rings. The molecule has 0 saturated carbocycles. The molecule has 2 aliphatic heterocycles. The van der Waals surface area contributed by atoms with E-state index in [2.05, 4.69) is 31.3 Å². The first kappa shape index (κ1) is 19.1. The van der Waals surface area contributed by atoms with Gasteiger partial charge in [-0.2, -0.15) is 9.98 Å². The lowest BCUT2D eigenvalue weighted by Crippen LogP contribution is -2.56. The second-order valence-corrected chi connectivity index (χ2v) is 6.28. The quantitative estimate of drug-likeness (QED) is 0.464. The number of allylic oxidation sites excluding steroid dienone is 3. The summed E-state index contributed by atoms with van der Waals surface area (Å²) in [4.78, 5) is 17.5. The molecular formula is C19H28N6O2. The lowest BCUT2D eigenvalue weighted by atomic mass is 10.1. The van der Waals surface area contributed by atoms with Gasteiger partial charge in [0.2, 0.25) is 11.8 Å². The van der Waals surface area contributed by atoms with Crippen LogP contribution < -0.4 is 15.4 Å². The fraction of sp³-hybridized carbons (Fsp3) is 0.421. The molecule has 0 spiro atoms. The zero-order chi connectivity index (χ0) is 19.1. The number of methoxy groups -OCH3 is 1. The van der Waals surface area contributed by atoms with Crippen LogP contribution in [0.25, 0.3) is 0 Å². The van der Waals surface area contributed by atoms with Gasteiger partial charge in [-0.1, -0.05) is 18.7 Å². The number of nitrogens with two attached hydrogens (primary N) is 1. The van der Waals surface area contributed by atoms with Crippen molar-refractivity contribution in [3.8, 4) is 5.88 Å². The number of hydrogen-bond donors (Lipinski definition) is 1. The lowest BCUT2D eigenvalue weighted by Gasteiger charge is -2.43. The molecular weight excluding hydrogens is 344 g/mol. The number of nitrogens with zero attached hydrogens (tertiary/aromatic N) is 5. The largest absolute Gasteiger partial charge is 0.479 e. The third-order valence-corrected chi connectivity index (χ3v) is 4.58. The predicted molar refractivity (Wildman–Crippen MR) is 110 cm³/mol. The van der Waals surface area contributed by atoms with Crippen LogP contribution in [0.1, 0.15) is 1.43 Å². The van der Waals surface area contributed by atoms with Gasteiger partial charge < -0.3 is 20.1 Å². The van der Waals surface area contributed by atoms with Crippen LogP contribution in [-0.4, -0.2) is 74.6 Å². The summed E-state index contributed by atoms with van der Waals surface area (Å²) >= 11 is 0. The first-order chi connectivity index (χ1) is 13.2. The van der Waals surface area contributed by atoms with Crippen molar-refractivity contribution >= 4 is 23.7 Å². The summed E-state index contributed by atoms with van der Waals surface area (Å²) in [6, 6.07) is 4.38. The molecule has 2 N–H and O–H groups in total. The number of guanidine groups is 1. The molecule has 8 nitrogen and oxygen atoms in total. The number of piperazine rings is 1. The van der Waals surface area contributed by atoms with Crippen molar-refractivity contribution in [2.24, 2.45) is 15.7 Å². The Morgan fingerprint density at radius 2 is 2.11 bits per heavy atom. The molecule has 3 heterocycles. The van der Waals surface area contributed by atoms with Crippen LogP contribution in [0.3, 0.4) is 0 Å². The molecule has 146 valence electrons. The summed E-state index contributed by atoms with van der Waals surface area (Å²) in [7, 11) is 1.61. The van der Waals surface area contributed by atoms with Crippen LogP contribution in [-0.2, 0) is 4.74 Å². The number of rotatable bonds is 6. The van der Waals surface area contributed by atoms with Crippen LogP contribution in [0.15, 0.2) is 46.9 Å². The fourth-order valence-electron chi connectivity index (χ4n) is 3.03. The minimum Gasteiger partial charge on any atom is -0.479 e. The minimum atomic E-state index is 0. The van der Waals surface area contributed by atoms with Crippen molar-refractivity contribution < 1.29 is 10.9 Å². The molecule has 0 atom stereocenters. The number of aromatic nitrogens is 1. The molecule has 1 aromatic heterocycles. The number of ether oxygens (including phenoxy) is 2. The average molecular weight is 372 g/mol. The fourth-order valence-corrected chi connectivity index (χ4v) is 3.03. The highest BCUT2D eigenvalue weighted by Gasteiger charge is 2.29. The first-order valence-corrected chi connectivity index (χ1v) is 8.99. The minimum absolute atomic E-state index is 0. The normalized spacial score (nSPS) is 19.6. The highest BCUT2D eigenvalue weighted by molar-refractivity contribution is 5.91. The van der Waals surface area contributed by atoms with Gasteiger partial charge in [0.15, 0.2) is 5.82 Å². The SMILES string of the molecule is C=C/C=C/C=N/C(N)=Nc1ccc(N2CCN(C3COC3)CC2)c(OC)n1.[HH]. The Morgan fingerprint density at radius 3 is 2.74 bits per heavy atom. The zero-order valence-electron chi connectivity index (χ0n) is 15.6. The number of pyridine rings is 1. The molecule has 8 heteroatoms. The summed E-state index contributed by atoms with van der Waals surface area (Å²) in [5, 5.41) is 0. The summed E-state index contributed by atoms with van der Waals surface area (Å²) in [5.41, 5.74) is 6.78. The van der Waals surface area contributed by atoms with Crippen molar-refractivity contribution in [3.63, 3.8) is 0 Å². The Balaban J connectivity index is 0.00000280. The van der Waals surface area contributed by atoms with Crippen molar-refractivity contribution in [3.05, 3.63) is 36.9 Å². The second-order valence-electron chi connectivity index (χ2n) is 6.28. The highest BCUT2D eigenvalue weighted by atomic mass is 16.5. The number of hydrogen-bond acceptors (Lipinski definition) is 6. The van der Waals surface area contributed by atoms with Crippen molar-refractivity contribution in [1.82, 2.24) is 9.88 Å². The van der Waals surface area contributed by atoms with Gasteiger partial charge >= 0.3 is 0 Å². The van der Waals surface area contributed by atoms with E-state index in [1.165, 1.54) is 0 Å². The van der Waals surface area contributed by atoms with E-state index in [0.29, 0.717) is 17.7 Å². The Hall–Kier alpha value is -2.71. The van der Waals surface area contributed by atoms with Gasteiger partial charge in [0.1, 0.15) is 5.69 Å². The third kappa shape index (κ3) is 4.93. The maximum absolute atomic E-state index is 5.81. The Labute approximate surface area is 161 Å². The molecule has 0 unspecified atom stereocenters. The summed E-state index contributed by atoms with van der Waals surface area (Å²) in [5.74, 6) is 1.13. The van der Waals surface area contributed by atoms with Crippen molar-refractivity contribution in [1.29, 1.82) is 0 Å². The molecule has 0 amide bonds. The molecule has 2 fully saturated rings. The zero-order valence-corrected chi connectivity index (χ0v) is 15.6. The van der Waals surface area contributed by atoms with E-state index >= 15 is 0 Å². The van der Waals surface area contributed by atoms with Gasteiger partial charge in [0, 0.05) is 33.8 Å². The molecule has 0 bridgehead atoms. The second kappa shape index (κ2) is 9.29. The van der Waals surface area contributed by atoms with E-state index in [1.54, 1.807) is 31.6 Å². The Morgan fingerprint density at radius 1 is 1.33 bits per heavy atom. The first-order valence-electron chi connectivity index (χ1n) is 8.99. The van der Waals surface area contributed by atoms with Crippen LogP contribution in [0, 0.1) is 0 Å².